The molecule has 3 aromatic rings. The van der Waals surface area contributed by atoms with Gasteiger partial charge >= 0.3 is 6.18 Å². The molecule has 2 aromatic heterocycles. The molecule has 0 fully saturated rings. The number of aryl methyl sites for hydroxylation is 1. The maximum Gasteiger partial charge on any atom is 0.416 e. The number of hydrogen-bond acceptors (Lipinski definition) is 4. The number of rotatable bonds is 3. The number of benzene rings is 1. The molecule has 0 N–H and O–H groups in total. The number of aliphatic imine (C=N–C) groups is 1. The fourth-order valence-corrected chi connectivity index (χ4v) is 3.32. The van der Waals surface area contributed by atoms with Crippen molar-refractivity contribution in [3.05, 3.63) is 71.9 Å². The Balaban J connectivity index is 1.78. The largest absolute Gasteiger partial charge is 0.495 e. The summed E-state index contributed by atoms with van der Waals surface area (Å²) in [6.45, 7) is 1.89. The van der Waals surface area contributed by atoms with Gasteiger partial charge in [0.05, 0.1) is 30.3 Å². The zero-order valence-corrected chi connectivity index (χ0v) is 15.2. The van der Waals surface area contributed by atoms with Crippen molar-refractivity contribution in [1.82, 2.24) is 9.38 Å². The van der Waals surface area contributed by atoms with Crippen LogP contribution in [0.4, 0.5) is 18.9 Å². The predicted molar refractivity (Wildman–Crippen MR) is 101 cm³/mol. The number of methoxy groups -OCH3 is 1. The van der Waals surface area contributed by atoms with Gasteiger partial charge in [-0.1, -0.05) is 0 Å². The van der Waals surface area contributed by atoms with Crippen molar-refractivity contribution < 1.29 is 17.9 Å². The van der Waals surface area contributed by atoms with Crippen molar-refractivity contribution >= 4 is 17.5 Å². The molecule has 0 radical (unpaired) electrons. The van der Waals surface area contributed by atoms with E-state index >= 15 is 0 Å². The van der Waals surface area contributed by atoms with Gasteiger partial charge in [-0.2, -0.15) is 13.2 Å². The molecule has 144 valence electrons. The van der Waals surface area contributed by atoms with E-state index in [1.54, 1.807) is 25.7 Å². The molecule has 0 bridgehead atoms. The Morgan fingerprint density at radius 1 is 1.07 bits per heavy atom. The van der Waals surface area contributed by atoms with Crippen LogP contribution in [0.3, 0.4) is 0 Å². The highest BCUT2D eigenvalue weighted by atomic mass is 19.4. The lowest BCUT2D eigenvalue weighted by atomic mass is 10.1. The van der Waals surface area contributed by atoms with Crippen LogP contribution in [0, 0.1) is 6.92 Å². The Kier molecular flexibility index (Phi) is 4.33. The first kappa shape index (κ1) is 18.1. The van der Waals surface area contributed by atoms with Gasteiger partial charge in [0.25, 0.3) is 0 Å². The smallest absolute Gasteiger partial charge is 0.416 e. The standard InChI is InChI=1S/C20H17F3N4O/c1-13-19(27-12-16(28-2)7-8-18(27)25-13)17-11-24-9-10-26(17)15-5-3-14(4-6-15)20(21,22)23/h3-12,17H,1-2H3. The topological polar surface area (TPSA) is 42.1 Å². The maximum atomic E-state index is 12.9. The van der Waals surface area contributed by atoms with E-state index in [0.29, 0.717) is 11.4 Å². The zero-order valence-electron chi connectivity index (χ0n) is 15.2. The van der Waals surface area contributed by atoms with Crippen molar-refractivity contribution in [1.29, 1.82) is 0 Å². The lowest BCUT2D eigenvalue weighted by molar-refractivity contribution is -0.137. The van der Waals surface area contributed by atoms with Gasteiger partial charge in [0.15, 0.2) is 0 Å². The molecule has 1 aliphatic heterocycles. The van der Waals surface area contributed by atoms with Crippen LogP contribution in [0.25, 0.3) is 5.65 Å². The van der Waals surface area contributed by atoms with Gasteiger partial charge in [-0.25, -0.2) is 4.98 Å². The van der Waals surface area contributed by atoms with Crippen molar-refractivity contribution in [2.24, 2.45) is 4.99 Å². The summed E-state index contributed by atoms with van der Waals surface area (Å²) < 4.78 is 45.9. The molecule has 8 heteroatoms. The molecular formula is C20H17F3N4O. The van der Waals surface area contributed by atoms with E-state index < -0.39 is 11.7 Å². The van der Waals surface area contributed by atoms with E-state index in [4.69, 9.17) is 4.74 Å². The van der Waals surface area contributed by atoms with E-state index in [2.05, 4.69) is 9.98 Å². The molecule has 0 saturated carbocycles. The summed E-state index contributed by atoms with van der Waals surface area (Å²) in [5.74, 6) is 0.676. The highest BCUT2D eigenvalue weighted by molar-refractivity contribution is 5.77. The summed E-state index contributed by atoms with van der Waals surface area (Å²) in [4.78, 5) is 10.7. The SMILES string of the molecule is COc1ccc2nc(C)c(C3C=NC=CN3c3ccc(C(F)(F)F)cc3)n2c1. The Morgan fingerprint density at radius 3 is 2.50 bits per heavy atom. The molecule has 0 spiro atoms. The van der Waals surface area contributed by atoms with Crippen LogP contribution in [0.1, 0.15) is 23.0 Å². The van der Waals surface area contributed by atoms with Gasteiger partial charge in [0.1, 0.15) is 17.4 Å². The Morgan fingerprint density at radius 2 is 1.82 bits per heavy atom. The van der Waals surface area contributed by atoms with Crippen LogP contribution >= 0.6 is 0 Å². The number of aromatic nitrogens is 2. The summed E-state index contributed by atoms with van der Waals surface area (Å²) in [5.41, 5.74) is 2.36. The van der Waals surface area contributed by atoms with E-state index in [1.165, 1.54) is 12.1 Å². The normalized spacial score (nSPS) is 16.8. The fourth-order valence-electron chi connectivity index (χ4n) is 3.32. The molecule has 5 nitrogen and oxygen atoms in total. The summed E-state index contributed by atoms with van der Waals surface area (Å²) in [6.07, 6.45) is 2.56. The highest BCUT2D eigenvalue weighted by Gasteiger charge is 2.31. The number of halogens is 3. The van der Waals surface area contributed by atoms with Crippen molar-refractivity contribution in [2.45, 2.75) is 19.1 Å². The minimum absolute atomic E-state index is 0.330. The van der Waals surface area contributed by atoms with Crippen LogP contribution in [-0.4, -0.2) is 22.7 Å². The van der Waals surface area contributed by atoms with Crippen molar-refractivity contribution in [3.63, 3.8) is 0 Å². The third-order valence-electron chi connectivity index (χ3n) is 4.66. The van der Waals surface area contributed by atoms with Gasteiger partial charge in [0, 0.05) is 24.3 Å². The maximum absolute atomic E-state index is 12.9. The first-order valence-electron chi connectivity index (χ1n) is 8.56. The number of anilines is 1. The van der Waals surface area contributed by atoms with Gasteiger partial charge in [-0.15, -0.1) is 0 Å². The van der Waals surface area contributed by atoms with Crippen LogP contribution in [0.5, 0.6) is 5.75 Å². The number of imidazole rings is 1. The second-order valence-corrected chi connectivity index (χ2v) is 6.37. The molecule has 28 heavy (non-hydrogen) atoms. The number of pyridine rings is 1. The van der Waals surface area contributed by atoms with Gasteiger partial charge in [0.2, 0.25) is 0 Å². The number of nitrogens with zero attached hydrogens (tertiary/aromatic N) is 4. The van der Waals surface area contributed by atoms with Crippen LogP contribution in [-0.2, 0) is 6.18 Å². The van der Waals surface area contributed by atoms with Gasteiger partial charge < -0.3 is 9.64 Å². The molecule has 1 aliphatic rings. The fraction of sp³-hybridized carbons (Fsp3) is 0.200. The summed E-state index contributed by atoms with van der Waals surface area (Å²) in [6, 6.07) is 8.43. The average molecular weight is 386 g/mol. The number of alkyl halides is 3. The van der Waals surface area contributed by atoms with Crippen molar-refractivity contribution in [2.75, 3.05) is 12.0 Å². The minimum Gasteiger partial charge on any atom is -0.495 e. The third-order valence-corrected chi connectivity index (χ3v) is 4.66. The molecule has 3 heterocycles. The lowest BCUT2D eigenvalue weighted by Gasteiger charge is -2.30. The van der Waals surface area contributed by atoms with E-state index in [9.17, 15) is 13.2 Å². The first-order chi connectivity index (χ1) is 13.4. The quantitative estimate of drug-likeness (QED) is 0.651. The molecule has 0 amide bonds. The molecule has 1 unspecified atom stereocenters. The zero-order chi connectivity index (χ0) is 19.9. The van der Waals surface area contributed by atoms with Crippen LogP contribution in [0.2, 0.25) is 0 Å². The Labute approximate surface area is 159 Å². The minimum atomic E-state index is -4.37. The second-order valence-electron chi connectivity index (χ2n) is 6.37. The molecule has 1 aromatic carbocycles. The molecular weight excluding hydrogens is 369 g/mol. The number of ether oxygens (including phenoxy) is 1. The molecule has 0 aliphatic carbocycles. The Bertz CT molecular complexity index is 1070. The van der Waals surface area contributed by atoms with Crippen molar-refractivity contribution in [3.8, 4) is 5.75 Å². The second kappa shape index (κ2) is 6.70. The lowest BCUT2D eigenvalue weighted by Crippen LogP contribution is -2.28. The molecule has 4 rings (SSSR count). The molecule has 1 atom stereocenters. The summed E-state index contributed by atoms with van der Waals surface area (Å²) in [5, 5.41) is 0. The van der Waals surface area contributed by atoms with E-state index in [1.807, 2.05) is 34.6 Å². The average Bonchev–Trinajstić information content (AvgIpc) is 3.02. The number of fused-ring (bicyclic) bond motifs is 1. The monoisotopic (exact) mass is 386 g/mol. The summed E-state index contributed by atoms with van der Waals surface area (Å²) >= 11 is 0. The van der Waals surface area contributed by atoms with E-state index in [-0.39, 0.29) is 6.04 Å². The Hall–Kier alpha value is -3.29. The highest BCUT2D eigenvalue weighted by Crippen LogP contribution is 2.34. The predicted octanol–water partition coefficient (Wildman–Crippen LogP) is 4.77. The van der Waals surface area contributed by atoms with E-state index in [0.717, 1.165) is 29.2 Å². The van der Waals surface area contributed by atoms with Crippen LogP contribution < -0.4 is 9.64 Å². The van der Waals surface area contributed by atoms with Crippen LogP contribution in [0.15, 0.2) is 60.0 Å². The summed E-state index contributed by atoms with van der Waals surface area (Å²) in [7, 11) is 1.59. The first-order valence-corrected chi connectivity index (χ1v) is 8.56. The number of hydrogen-bond donors (Lipinski definition) is 0. The molecule has 0 saturated heterocycles. The third kappa shape index (κ3) is 3.11. The van der Waals surface area contributed by atoms with Gasteiger partial charge in [-0.3, -0.25) is 9.39 Å². The van der Waals surface area contributed by atoms with Gasteiger partial charge in [-0.05, 0) is 43.3 Å².